The first-order valence-corrected chi connectivity index (χ1v) is 13.2. The number of hydrogen-bond acceptors (Lipinski definition) is 6. The first kappa shape index (κ1) is 24.8. The van der Waals surface area contributed by atoms with Gasteiger partial charge in [0.05, 0.1) is 18.1 Å². The van der Waals surface area contributed by atoms with Gasteiger partial charge in [-0.1, -0.05) is 30.7 Å². The Bertz CT molecular complexity index is 980. The Morgan fingerprint density at radius 3 is 2.50 bits per heavy atom. The molecule has 3 rings (SSSR count). The van der Waals surface area contributed by atoms with E-state index in [-0.39, 0.29) is 24.2 Å². The molecular formula is C24H32ClNO5S. The molecule has 0 radical (unpaired) electrons. The van der Waals surface area contributed by atoms with Crippen molar-refractivity contribution in [3.63, 3.8) is 0 Å². The van der Waals surface area contributed by atoms with Gasteiger partial charge in [0, 0.05) is 24.2 Å². The molecule has 0 amide bonds. The van der Waals surface area contributed by atoms with Gasteiger partial charge in [-0.05, 0) is 61.2 Å². The average Bonchev–Trinajstić information content (AvgIpc) is 3.13. The SMILES string of the molecule is CCCOc1ccc(CN(CC(O)COc2ccc(Cl)c(C)c2)C2CCS(=O)(=O)C2)cc1. The molecule has 1 aliphatic heterocycles. The smallest absolute Gasteiger partial charge is 0.151 e. The molecule has 1 heterocycles. The normalized spacial score (nSPS) is 18.6. The maximum atomic E-state index is 12.1. The van der Waals surface area contributed by atoms with Crippen molar-refractivity contribution >= 4 is 21.4 Å². The maximum Gasteiger partial charge on any atom is 0.151 e. The van der Waals surface area contributed by atoms with E-state index in [0.717, 1.165) is 23.3 Å². The molecule has 8 heteroatoms. The summed E-state index contributed by atoms with van der Waals surface area (Å²) >= 11 is 6.05. The number of rotatable bonds is 11. The first-order chi connectivity index (χ1) is 15.3. The van der Waals surface area contributed by atoms with E-state index in [1.165, 1.54) is 0 Å². The highest BCUT2D eigenvalue weighted by atomic mass is 35.5. The van der Waals surface area contributed by atoms with Gasteiger partial charge in [-0.25, -0.2) is 8.42 Å². The van der Waals surface area contributed by atoms with Gasteiger partial charge in [-0.3, -0.25) is 4.90 Å². The van der Waals surface area contributed by atoms with Crippen LogP contribution in [-0.4, -0.2) is 61.8 Å². The van der Waals surface area contributed by atoms with Crippen LogP contribution in [0, 0.1) is 6.92 Å². The largest absolute Gasteiger partial charge is 0.494 e. The second kappa shape index (κ2) is 11.4. The summed E-state index contributed by atoms with van der Waals surface area (Å²) in [5.41, 5.74) is 1.95. The van der Waals surface area contributed by atoms with E-state index in [2.05, 4.69) is 6.92 Å². The topological polar surface area (TPSA) is 76.1 Å². The monoisotopic (exact) mass is 481 g/mol. The zero-order valence-corrected chi connectivity index (χ0v) is 20.2. The molecule has 0 bridgehead atoms. The zero-order chi connectivity index (χ0) is 23.1. The summed E-state index contributed by atoms with van der Waals surface area (Å²) in [6, 6.07) is 13.1. The highest BCUT2D eigenvalue weighted by Gasteiger charge is 2.33. The van der Waals surface area contributed by atoms with Crippen LogP contribution >= 0.6 is 11.6 Å². The van der Waals surface area contributed by atoms with Gasteiger partial charge in [-0.15, -0.1) is 0 Å². The molecule has 0 saturated carbocycles. The van der Waals surface area contributed by atoms with Crippen LogP contribution < -0.4 is 9.47 Å². The van der Waals surface area contributed by atoms with Crippen molar-refractivity contribution in [2.45, 2.75) is 45.4 Å². The van der Waals surface area contributed by atoms with Gasteiger partial charge in [0.15, 0.2) is 9.84 Å². The summed E-state index contributed by atoms with van der Waals surface area (Å²) in [7, 11) is -3.04. The number of hydrogen-bond donors (Lipinski definition) is 1. The highest BCUT2D eigenvalue weighted by molar-refractivity contribution is 7.91. The summed E-state index contributed by atoms with van der Waals surface area (Å²) in [6.07, 6.45) is 0.757. The van der Waals surface area contributed by atoms with Crippen LogP contribution in [0.2, 0.25) is 5.02 Å². The number of aliphatic hydroxyl groups is 1. The Labute approximate surface area is 196 Å². The Hall–Kier alpha value is -1.80. The summed E-state index contributed by atoms with van der Waals surface area (Å²) in [5.74, 6) is 1.77. The second-order valence-electron chi connectivity index (χ2n) is 8.35. The fourth-order valence-corrected chi connectivity index (χ4v) is 5.65. The van der Waals surface area contributed by atoms with Crippen LogP contribution in [0.1, 0.15) is 30.9 Å². The molecule has 1 fully saturated rings. The van der Waals surface area contributed by atoms with Gasteiger partial charge in [0.25, 0.3) is 0 Å². The summed E-state index contributed by atoms with van der Waals surface area (Å²) in [6.45, 7) is 5.61. The van der Waals surface area contributed by atoms with E-state index in [0.29, 0.717) is 36.9 Å². The van der Waals surface area contributed by atoms with E-state index < -0.39 is 15.9 Å². The molecule has 32 heavy (non-hydrogen) atoms. The quantitative estimate of drug-likeness (QED) is 0.525. The molecule has 6 nitrogen and oxygen atoms in total. The number of benzene rings is 2. The Balaban J connectivity index is 1.63. The Morgan fingerprint density at radius 1 is 1.16 bits per heavy atom. The van der Waals surface area contributed by atoms with Gasteiger partial charge in [0.1, 0.15) is 24.2 Å². The third-order valence-electron chi connectivity index (χ3n) is 5.52. The van der Waals surface area contributed by atoms with Crippen LogP contribution in [0.5, 0.6) is 11.5 Å². The lowest BCUT2D eigenvalue weighted by Crippen LogP contribution is -2.42. The highest BCUT2D eigenvalue weighted by Crippen LogP contribution is 2.23. The van der Waals surface area contributed by atoms with E-state index in [1.807, 2.05) is 42.2 Å². The molecule has 1 aliphatic rings. The van der Waals surface area contributed by atoms with Crippen LogP contribution in [-0.2, 0) is 16.4 Å². The molecule has 2 aromatic rings. The molecule has 176 valence electrons. The molecule has 0 aromatic heterocycles. The molecule has 1 N–H and O–H groups in total. The minimum Gasteiger partial charge on any atom is -0.494 e. The number of nitrogens with zero attached hydrogens (tertiary/aromatic N) is 1. The van der Waals surface area contributed by atoms with E-state index in [1.54, 1.807) is 12.1 Å². The van der Waals surface area contributed by atoms with Crippen LogP contribution in [0.3, 0.4) is 0 Å². The number of sulfone groups is 1. The predicted octanol–water partition coefficient (Wildman–Crippen LogP) is 3.87. The second-order valence-corrected chi connectivity index (χ2v) is 11.0. The summed E-state index contributed by atoms with van der Waals surface area (Å²) in [4.78, 5) is 2.05. The average molecular weight is 482 g/mol. The molecule has 0 aliphatic carbocycles. The minimum absolute atomic E-state index is 0.112. The molecule has 1 saturated heterocycles. The third-order valence-corrected chi connectivity index (χ3v) is 7.70. The molecule has 2 atom stereocenters. The van der Waals surface area contributed by atoms with Crippen molar-refractivity contribution < 1.29 is 23.0 Å². The molecular weight excluding hydrogens is 450 g/mol. The predicted molar refractivity (Wildman–Crippen MR) is 127 cm³/mol. The van der Waals surface area contributed by atoms with Crippen LogP contribution in [0.4, 0.5) is 0 Å². The van der Waals surface area contributed by atoms with E-state index in [9.17, 15) is 13.5 Å². The van der Waals surface area contributed by atoms with Gasteiger partial charge >= 0.3 is 0 Å². The fourth-order valence-electron chi connectivity index (χ4n) is 3.77. The van der Waals surface area contributed by atoms with Crippen LogP contribution in [0.15, 0.2) is 42.5 Å². The molecule has 2 unspecified atom stereocenters. The lowest BCUT2D eigenvalue weighted by Gasteiger charge is -2.30. The van der Waals surface area contributed by atoms with Gasteiger partial charge in [-0.2, -0.15) is 0 Å². The van der Waals surface area contributed by atoms with E-state index in [4.69, 9.17) is 21.1 Å². The van der Waals surface area contributed by atoms with Gasteiger partial charge < -0.3 is 14.6 Å². The molecule has 0 spiro atoms. The lowest BCUT2D eigenvalue weighted by atomic mass is 10.1. The van der Waals surface area contributed by atoms with Crippen molar-refractivity contribution in [3.8, 4) is 11.5 Å². The number of ether oxygens (including phenoxy) is 2. The minimum atomic E-state index is -3.04. The van der Waals surface area contributed by atoms with Crippen molar-refractivity contribution in [1.29, 1.82) is 0 Å². The Morgan fingerprint density at radius 2 is 1.88 bits per heavy atom. The Kier molecular flexibility index (Phi) is 8.82. The third kappa shape index (κ3) is 7.37. The molecule has 2 aromatic carbocycles. The number of halogens is 1. The fraction of sp³-hybridized carbons (Fsp3) is 0.500. The van der Waals surface area contributed by atoms with E-state index >= 15 is 0 Å². The number of aryl methyl sites for hydroxylation is 1. The van der Waals surface area contributed by atoms with Crippen molar-refractivity contribution in [2.24, 2.45) is 0 Å². The van der Waals surface area contributed by atoms with Gasteiger partial charge in [0.2, 0.25) is 0 Å². The summed E-state index contributed by atoms with van der Waals surface area (Å²) in [5, 5.41) is 11.3. The first-order valence-electron chi connectivity index (χ1n) is 11.0. The van der Waals surface area contributed by atoms with Crippen molar-refractivity contribution in [1.82, 2.24) is 4.90 Å². The van der Waals surface area contributed by atoms with Crippen LogP contribution in [0.25, 0.3) is 0 Å². The zero-order valence-electron chi connectivity index (χ0n) is 18.7. The van der Waals surface area contributed by atoms with Crippen molar-refractivity contribution in [2.75, 3.05) is 31.3 Å². The van der Waals surface area contributed by atoms with Crippen molar-refractivity contribution in [3.05, 3.63) is 58.6 Å². The number of aliphatic hydroxyl groups excluding tert-OH is 1. The maximum absolute atomic E-state index is 12.1. The standard InChI is InChI=1S/C24H32ClNO5S/c1-3-11-30-22-6-4-19(5-7-22)14-26(20-10-12-32(28,29)17-20)15-21(27)16-31-23-8-9-24(25)18(2)13-23/h4-9,13,20-21,27H,3,10-12,14-17H2,1-2H3. The lowest BCUT2D eigenvalue weighted by molar-refractivity contribution is 0.0524. The summed E-state index contributed by atoms with van der Waals surface area (Å²) < 4.78 is 35.5.